The molecule has 0 radical (unpaired) electrons. The molecule has 0 amide bonds. The molecule has 0 unspecified atom stereocenters. The van der Waals surface area contributed by atoms with Crippen molar-refractivity contribution < 1.29 is 28.5 Å². The second-order valence-corrected chi connectivity index (χ2v) is 4.46. The molecular weight excluding hydrogens is 300 g/mol. The monoisotopic (exact) mass is 320 g/mol. The molecule has 1 rings (SSSR count). The molecule has 0 N–H and O–H groups in total. The Bertz CT molecular complexity index is 605. The molecule has 6 heteroatoms. The van der Waals surface area contributed by atoms with Crippen molar-refractivity contribution in [3.63, 3.8) is 0 Å². The van der Waals surface area contributed by atoms with Gasteiger partial charge in [0.15, 0.2) is 17.3 Å². The lowest BCUT2D eigenvalue weighted by Crippen LogP contribution is -2.13. The van der Waals surface area contributed by atoms with E-state index in [2.05, 4.69) is 6.58 Å². The quantitative estimate of drug-likeness (QED) is 0.241. The van der Waals surface area contributed by atoms with E-state index >= 15 is 0 Å². The molecule has 1 aromatic rings. The van der Waals surface area contributed by atoms with Gasteiger partial charge in [0.1, 0.15) is 12.2 Å². The summed E-state index contributed by atoms with van der Waals surface area (Å²) in [6.07, 6.45) is 2.84. The van der Waals surface area contributed by atoms with Gasteiger partial charge in [-0.25, -0.2) is 4.79 Å². The number of hydrogen-bond donors (Lipinski definition) is 0. The number of hydrogen-bond acceptors (Lipinski definition) is 6. The van der Waals surface area contributed by atoms with Crippen molar-refractivity contribution in [2.75, 3.05) is 27.9 Å². The third kappa shape index (κ3) is 4.60. The fourth-order valence-corrected chi connectivity index (χ4v) is 1.87. The van der Waals surface area contributed by atoms with Crippen LogP contribution in [0.2, 0.25) is 0 Å². The molecule has 0 heterocycles. The van der Waals surface area contributed by atoms with E-state index in [1.54, 1.807) is 12.1 Å². The Hall–Kier alpha value is -2.76. The van der Waals surface area contributed by atoms with E-state index in [9.17, 15) is 9.59 Å². The van der Waals surface area contributed by atoms with Gasteiger partial charge in [-0.1, -0.05) is 12.7 Å². The minimum atomic E-state index is -0.717. The lowest BCUT2D eigenvalue weighted by Gasteiger charge is -2.13. The van der Waals surface area contributed by atoms with Crippen molar-refractivity contribution in [3.05, 3.63) is 35.9 Å². The summed E-state index contributed by atoms with van der Waals surface area (Å²) in [5.41, 5.74) is 0.460. The van der Waals surface area contributed by atoms with E-state index < -0.39 is 11.8 Å². The van der Waals surface area contributed by atoms with E-state index in [4.69, 9.17) is 18.9 Å². The molecule has 0 atom stereocenters. The average molecular weight is 320 g/mol. The zero-order valence-corrected chi connectivity index (χ0v) is 13.7. The summed E-state index contributed by atoms with van der Waals surface area (Å²) in [5.74, 6) is 0.130. The first kappa shape index (κ1) is 18.3. The third-order valence-electron chi connectivity index (χ3n) is 2.93. The Morgan fingerprint density at radius 3 is 2.04 bits per heavy atom. The van der Waals surface area contributed by atoms with Crippen molar-refractivity contribution >= 4 is 17.8 Å². The Balaban J connectivity index is 3.33. The van der Waals surface area contributed by atoms with E-state index in [1.807, 2.05) is 0 Å². The largest absolute Gasteiger partial charge is 0.493 e. The average Bonchev–Trinajstić information content (AvgIpc) is 2.55. The van der Waals surface area contributed by atoms with Gasteiger partial charge in [-0.05, 0) is 30.7 Å². The van der Waals surface area contributed by atoms with Crippen molar-refractivity contribution in [2.45, 2.75) is 6.92 Å². The molecular formula is C17H20O6. The topological polar surface area (TPSA) is 71.1 Å². The van der Waals surface area contributed by atoms with Crippen LogP contribution in [-0.4, -0.2) is 39.7 Å². The molecule has 0 spiro atoms. The lowest BCUT2D eigenvalue weighted by molar-refractivity contribution is -0.139. The summed E-state index contributed by atoms with van der Waals surface area (Å²) in [5, 5.41) is 0. The number of Topliss-reactive ketones (excluding diaryl/α,β-unsaturated/α-hetero) is 1. The van der Waals surface area contributed by atoms with Crippen molar-refractivity contribution in [1.82, 2.24) is 0 Å². The Morgan fingerprint density at radius 2 is 1.65 bits per heavy atom. The van der Waals surface area contributed by atoms with E-state index in [-0.39, 0.29) is 12.2 Å². The zero-order chi connectivity index (χ0) is 17.4. The van der Waals surface area contributed by atoms with E-state index in [0.29, 0.717) is 22.8 Å². The number of ketones is 1. The fraction of sp³-hybridized carbons (Fsp3) is 0.294. The van der Waals surface area contributed by atoms with Gasteiger partial charge in [0.25, 0.3) is 0 Å². The zero-order valence-electron chi connectivity index (χ0n) is 13.7. The first-order chi connectivity index (χ1) is 11.0. The molecule has 0 bridgehead atoms. The van der Waals surface area contributed by atoms with Gasteiger partial charge >= 0.3 is 5.97 Å². The van der Waals surface area contributed by atoms with E-state index in [1.165, 1.54) is 40.4 Å². The smallest absolute Gasteiger partial charge is 0.342 e. The van der Waals surface area contributed by atoms with Crippen molar-refractivity contribution in [1.29, 1.82) is 0 Å². The van der Waals surface area contributed by atoms with Crippen LogP contribution in [0.4, 0.5) is 0 Å². The molecule has 1 aromatic carbocycles. The molecule has 0 saturated heterocycles. The molecule has 0 aliphatic heterocycles. The Morgan fingerprint density at radius 1 is 1.09 bits per heavy atom. The minimum absolute atomic E-state index is 0.0265. The summed E-state index contributed by atoms with van der Waals surface area (Å²) in [4.78, 5) is 23.6. The maximum absolute atomic E-state index is 11.9. The lowest BCUT2D eigenvalue weighted by atomic mass is 10.1. The van der Waals surface area contributed by atoms with Crippen LogP contribution in [-0.2, 0) is 14.3 Å². The number of methoxy groups -OCH3 is 3. The van der Waals surface area contributed by atoms with Gasteiger partial charge in [0, 0.05) is 0 Å². The predicted molar refractivity (Wildman–Crippen MR) is 85.9 cm³/mol. The predicted octanol–water partition coefficient (Wildman–Crippen LogP) is 2.41. The van der Waals surface area contributed by atoms with Crippen LogP contribution in [0.5, 0.6) is 17.2 Å². The first-order valence-electron chi connectivity index (χ1n) is 6.79. The number of esters is 1. The van der Waals surface area contributed by atoms with Crippen molar-refractivity contribution in [2.24, 2.45) is 0 Å². The van der Waals surface area contributed by atoms with Crippen molar-refractivity contribution in [3.8, 4) is 17.2 Å². The van der Waals surface area contributed by atoms with Crippen LogP contribution in [0.25, 0.3) is 6.08 Å². The van der Waals surface area contributed by atoms with Gasteiger partial charge in [-0.3, -0.25) is 4.79 Å². The fourth-order valence-electron chi connectivity index (χ4n) is 1.87. The van der Waals surface area contributed by atoms with Crippen LogP contribution >= 0.6 is 0 Å². The second kappa shape index (κ2) is 8.63. The van der Waals surface area contributed by atoms with Crippen LogP contribution in [0.1, 0.15) is 12.5 Å². The Kier molecular flexibility index (Phi) is 6.86. The van der Waals surface area contributed by atoms with E-state index in [0.717, 1.165) is 0 Å². The number of carbonyl (C=O) groups excluding carboxylic acids is 2. The molecule has 0 aromatic heterocycles. The molecule has 0 aliphatic rings. The third-order valence-corrected chi connectivity index (χ3v) is 2.93. The maximum Gasteiger partial charge on any atom is 0.342 e. The highest BCUT2D eigenvalue weighted by Gasteiger charge is 2.18. The molecule has 0 fully saturated rings. The van der Waals surface area contributed by atoms with Crippen LogP contribution in [0.3, 0.4) is 0 Å². The maximum atomic E-state index is 11.9. The Labute approximate surface area is 135 Å². The van der Waals surface area contributed by atoms with Gasteiger partial charge in [-0.2, -0.15) is 0 Å². The number of benzene rings is 1. The number of ether oxygens (including phenoxy) is 4. The minimum Gasteiger partial charge on any atom is -0.493 e. The molecule has 0 aliphatic carbocycles. The SMILES string of the molecule is C=CCOC(=O)C(=Cc1cc(OC)c(OC)c(OC)c1)C(C)=O. The van der Waals surface area contributed by atoms with Crippen LogP contribution in [0.15, 0.2) is 30.4 Å². The summed E-state index contributed by atoms with van der Waals surface area (Å²) < 4.78 is 20.6. The highest BCUT2D eigenvalue weighted by molar-refractivity contribution is 6.19. The molecule has 23 heavy (non-hydrogen) atoms. The summed E-state index contributed by atoms with van der Waals surface area (Å²) >= 11 is 0. The number of rotatable bonds is 8. The van der Waals surface area contributed by atoms with Crippen LogP contribution < -0.4 is 14.2 Å². The van der Waals surface area contributed by atoms with Gasteiger partial charge in [0.05, 0.1) is 21.3 Å². The standard InChI is InChI=1S/C17H20O6/c1-6-7-23-17(19)13(11(2)18)8-12-9-14(20-3)16(22-5)15(10-12)21-4/h6,8-10H,1,7H2,2-5H3. The summed E-state index contributed by atoms with van der Waals surface area (Å²) in [7, 11) is 4.45. The van der Waals surface area contributed by atoms with Gasteiger partial charge < -0.3 is 18.9 Å². The molecule has 6 nitrogen and oxygen atoms in total. The highest BCUT2D eigenvalue weighted by atomic mass is 16.5. The number of carbonyl (C=O) groups is 2. The molecule has 0 saturated carbocycles. The van der Waals surface area contributed by atoms with Crippen LogP contribution in [0, 0.1) is 0 Å². The van der Waals surface area contributed by atoms with Gasteiger partial charge in [0.2, 0.25) is 5.75 Å². The summed E-state index contributed by atoms with van der Waals surface area (Å²) in [6.45, 7) is 4.77. The van der Waals surface area contributed by atoms with Gasteiger partial charge in [-0.15, -0.1) is 0 Å². The summed E-state index contributed by atoms with van der Waals surface area (Å²) in [6, 6.07) is 3.26. The first-order valence-corrected chi connectivity index (χ1v) is 6.79. The highest BCUT2D eigenvalue weighted by Crippen LogP contribution is 2.38. The molecule has 124 valence electrons. The normalized spacial score (nSPS) is 10.7. The second-order valence-electron chi connectivity index (χ2n) is 4.46.